The number of aromatic nitrogens is 3. The average molecular weight is 340 g/mol. The predicted molar refractivity (Wildman–Crippen MR) is 92.4 cm³/mol. The molecule has 0 atom stereocenters. The summed E-state index contributed by atoms with van der Waals surface area (Å²) in [6, 6.07) is 14.9. The molecule has 6 nitrogen and oxygen atoms in total. The van der Waals surface area contributed by atoms with Crippen molar-refractivity contribution >= 4 is 17.7 Å². The third-order valence-electron chi connectivity index (χ3n) is 3.47. The van der Waals surface area contributed by atoms with Crippen LogP contribution in [-0.4, -0.2) is 27.8 Å². The average Bonchev–Trinajstić information content (AvgIpc) is 3.09. The number of nitrogens with two attached hydrogens (primary N) is 1. The second-order valence-corrected chi connectivity index (χ2v) is 5.97. The zero-order valence-electron chi connectivity index (χ0n) is 13.0. The Morgan fingerprint density at radius 3 is 2.50 bits per heavy atom. The van der Waals surface area contributed by atoms with Gasteiger partial charge in [0.15, 0.2) is 5.16 Å². The van der Waals surface area contributed by atoms with Gasteiger partial charge in [0.25, 0.3) is 0 Å². The summed E-state index contributed by atoms with van der Waals surface area (Å²) in [5, 5.41) is 8.95. The minimum absolute atomic E-state index is 0.423. The SMILES string of the molecule is COc1ccc(-n2cnnc2SCc2ccc(C(N)=O)cc2)cc1. The molecule has 1 aromatic heterocycles. The van der Waals surface area contributed by atoms with E-state index in [0.717, 1.165) is 22.2 Å². The molecular formula is C17H16N4O2S. The highest BCUT2D eigenvalue weighted by molar-refractivity contribution is 7.98. The second-order valence-electron chi connectivity index (χ2n) is 5.03. The Balaban J connectivity index is 1.72. The molecule has 7 heteroatoms. The van der Waals surface area contributed by atoms with Gasteiger partial charge in [-0.15, -0.1) is 10.2 Å². The smallest absolute Gasteiger partial charge is 0.248 e. The third-order valence-corrected chi connectivity index (χ3v) is 4.49. The summed E-state index contributed by atoms with van der Waals surface area (Å²) >= 11 is 1.57. The van der Waals surface area contributed by atoms with Gasteiger partial charge in [-0.2, -0.15) is 0 Å². The van der Waals surface area contributed by atoms with Crippen molar-refractivity contribution in [3.8, 4) is 11.4 Å². The number of rotatable bonds is 6. The molecule has 122 valence electrons. The fourth-order valence-electron chi connectivity index (χ4n) is 2.16. The first kappa shape index (κ1) is 16.1. The molecule has 0 aliphatic carbocycles. The van der Waals surface area contributed by atoms with E-state index in [1.165, 1.54) is 0 Å². The number of ether oxygens (including phenoxy) is 1. The van der Waals surface area contributed by atoms with Crippen LogP contribution in [0.4, 0.5) is 0 Å². The van der Waals surface area contributed by atoms with E-state index < -0.39 is 5.91 Å². The number of benzene rings is 2. The molecule has 0 spiro atoms. The van der Waals surface area contributed by atoms with Crippen molar-refractivity contribution in [2.45, 2.75) is 10.9 Å². The summed E-state index contributed by atoms with van der Waals surface area (Å²) in [4.78, 5) is 11.1. The maximum absolute atomic E-state index is 11.1. The van der Waals surface area contributed by atoms with Crippen molar-refractivity contribution < 1.29 is 9.53 Å². The van der Waals surface area contributed by atoms with Gasteiger partial charge in [0.05, 0.1) is 7.11 Å². The molecule has 0 bridgehead atoms. The first-order valence-electron chi connectivity index (χ1n) is 7.23. The predicted octanol–water partition coefficient (Wildman–Crippen LogP) is 2.67. The van der Waals surface area contributed by atoms with Crippen molar-refractivity contribution in [3.63, 3.8) is 0 Å². The van der Waals surface area contributed by atoms with Crippen LogP contribution in [0.15, 0.2) is 60.0 Å². The van der Waals surface area contributed by atoms with E-state index in [2.05, 4.69) is 10.2 Å². The van der Waals surface area contributed by atoms with E-state index >= 15 is 0 Å². The summed E-state index contributed by atoms with van der Waals surface area (Å²) in [6.45, 7) is 0. The van der Waals surface area contributed by atoms with Gasteiger partial charge in [0.1, 0.15) is 12.1 Å². The van der Waals surface area contributed by atoms with Crippen molar-refractivity contribution in [1.29, 1.82) is 0 Å². The minimum atomic E-state index is -0.423. The van der Waals surface area contributed by atoms with E-state index in [-0.39, 0.29) is 0 Å². The number of hydrogen-bond acceptors (Lipinski definition) is 5. The Bertz CT molecular complexity index is 829. The van der Waals surface area contributed by atoms with E-state index in [4.69, 9.17) is 10.5 Å². The molecule has 0 radical (unpaired) electrons. The molecule has 3 rings (SSSR count). The molecule has 1 heterocycles. The lowest BCUT2D eigenvalue weighted by molar-refractivity contribution is 0.100. The molecule has 2 aromatic carbocycles. The van der Waals surface area contributed by atoms with Crippen molar-refractivity contribution in [2.75, 3.05) is 7.11 Å². The van der Waals surface area contributed by atoms with Crippen molar-refractivity contribution in [3.05, 3.63) is 66.0 Å². The summed E-state index contributed by atoms with van der Waals surface area (Å²) in [7, 11) is 1.64. The van der Waals surface area contributed by atoms with Crippen LogP contribution in [0.2, 0.25) is 0 Å². The number of carbonyl (C=O) groups is 1. The Labute approximate surface area is 143 Å². The fourth-order valence-corrected chi connectivity index (χ4v) is 3.04. The minimum Gasteiger partial charge on any atom is -0.497 e. The molecule has 0 saturated heterocycles. The summed E-state index contributed by atoms with van der Waals surface area (Å²) < 4.78 is 7.09. The van der Waals surface area contributed by atoms with Crippen LogP contribution >= 0.6 is 11.8 Å². The topological polar surface area (TPSA) is 83.0 Å². The number of methoxy groups -OCH3 is 1. The highest BCUT2D eigenvalue weighted by Crippen LogP contribution is 2.24. The molecular weight excluding hydrogens is 324 g/mol. The van der Waals surface area contributed by atoms with Crippen molar-refractivity contribution in [1.82, 2.24) is 14.8 Å². The van der Waals surface area contributed by atoms with E-state index in [1.54, 1.807) is 37.3 Å². The van der Waals surface area contributed by atoms with Crippen LogP contribution in [0.5, 0.6) is 5.75 Å². The molecule has 24 heavy (non-hydrogen) atoms. The molecule has 3 aromatic rings. The number of hydrogen-bond donors (Lipinski definition) is 1. The number of amides is 1. The Kier molecular flexibility index (Phi) is 4.81. The van der Waals surface area contributed by atoms with Crippen LogP contribution in [0, 0.1) is 0 Å². The van der Waals surface area contributed by atoms with Crippen LogP contribution in [0.25, 0.3) is 5.69 Å². The molecule has 1 amide bonds. The first-order chi connectivity index (χ1) is 11.7. The normalized spacial score (nSPS) is 10.5. The maximum atomic E-state index is 11.1. The van der Waals surface area contributed by atoms with Crippen LogP contribution in [0.3, 0.4) is 0 Å². The summed E-state index contributed by atoms with van der Waals surface area (Å²) in [6.07, 6.45) is 1.68. The summed E-state index contributed by atoms with van der Waals surface area (Å²) in [5.74, 6) is 1.09. The molecule has 0 unspecified atom stereocenters. The number of nitrogens with zero attached hydrogens (tertiary/aromatic N) is 3. The number of thioether (sulfide) groups is 1. The fraction of sp³-hybridized carbons (Fsp3) is 0.118. The van der Waals surface area contributed by atoms with E-state index in [1.807, 2.05) is 41.0 Å². The lowest BCUT2D eigenvalue weighted by Crippen LogP contribution is -2.10. The van der Waals surface area contributed by atoms with Gasteiger partial charge >= 0.3 is 0 Å². The monoisotopic (exact) mass is 340 g/mol. The zero-order valence-corrected chi connectivity index (χ0v) is 13.9. The van der Waals surface area contributed by atoms with Gasteiger partial charge < -0.3 is 10.5 Å². The lowest BCUT2D eigenvalue weighted by atomic mass is 10.1. The van der Waals surface area contributed by atoms with Gasteiger partial charge in [0, 0.05) is 17.0 Å². The zero-order chi connectivity index (χ0) is 16.9. The van der Waals surface area contributed by atoms with Gasteiger partial charge in [-0.1, -0.05) is 23.9 Å². The summed E-state index contributed by atoms with van der Waals surface area (Å²) in [5.41, 5.74) is 7.79. The molecule has 2 N–H and O–H groups in total. The second kappa shape index (κ2) is 7.18. The quantitative estimate of drug-likeness (QED) is 0.698. The molecule has 0 saturated carbocycles. The van der Waals surface area contributed by atoms with Crippen molar-refractivity contribution in [2.24, 2.45) is 5.73 Å². The lowest BCUT2D eigenvalue weighted by Gasteiger charge is -2.07. The number of primary amides is 1. The Morgan fingerprint density at radius 1 is 1.17 bits per heavy atom. The van der Waals surface area contributed by atoms with Gasteiger partial charge in [0.2, 0.25) is 5.91 Å². The molecule has 0 aliphatic heterocycles. The highest BCUT2D eigenvalue weighted by atomic mass is 32.2. The Hall–Kier alpha value is -2.80. The van der Waals surface area contributed by atoms with Gasteiger partial charge in [-0.05, 0) is 42.0 Å². The van der Waals surface area contributed by atoms with Crippen LogP contribution in [0.1, 0.15) is 15.9 Å². The maximum Gasteiger partial charge on any atom is 0.248 e. The number of carbonyl (C=O) groups excluding carboxylic acids is 1. The van der Waals surface area contributed by atoms with Gasteiger partial charge in [-0.3, -0.25) is 9.36 Å². The first-order valence-corrected chi connectivity index (χ1v) is 8.22. The van der Waals surface area contributed by atoms with E-state index in [9.17, 15) is 4.79 Å². The molecule has 0 fully saturated rings. The largest absolute Gasteiger partial charge is 0.497 e. The van der Waals surface area contributed by atoms with Crippen LogP contribution < -0.4 is 10.5 Å². The molecule has 0 aliphatic rings. The van der Waals surface area contributed by atoms with E-state index in [0.29, 0.717) is 11.3 Å². The van der Waals surface area contributed by atoms with Crippen LogP contribution in [-0.2, 0) is 5.75 Å². The standard InChI is InChI=1S/C17H16N4O2S/c1-23-15-8-6-14(7-9-15)21-11-19-20-17(21)24-10-12-2-4-13(5-3-12)16(18)22/h2-9,11H,10H2,1H3,(H2,18,22). The highest BCUT2D eigenvalue weighted by Gasteiger charge is 2.08. The third kappa shape index (κ3) is 3.57. The Morgan fingerprint density at radius 2 is 1.88 bits per heavy atom. The van der Waals surface area contributed by atoms with Gasteiger partial charge in [-0.25, -0.2) is 0 Å².